The number of rotatable bonds is 4. The van der Waals surface area contributed by atoms with Gasteiger partial charge in [-0.25, -0.2) is 19.0 Å². The second-order valence-electron chi connectivity index (χ2n) is 4.92. The highest BCUT2D eigenvalue weighted by Crippen LogP contribution is 2.21. The number of nitrogens with zero attached hydrogens (tertiary/aromatic N) is 1. The van der Waals surface area contributed by atoms with E-state index in [1.54, 1.807) is 0 Å². The maximum atomic E-state index is 12.0. The van der Waals surface area contributed by atoms with Crippen molar-refractivity contribution < 1.29 is 13.2 Å². The van der Waals surface area contributed by atoms with Gasteiger partial charge in [-0.15, -0.1) is 0 Å². The van der Waals surface area contributed by atoms with Gasteiger partial charge in [-0.2, -0.15) is 5.10 Å². The summed E-state index contributed by atoms with van der Waals surface area (Å²) in [7, 11) is -4.01. The molecule has 0 radical (unpaired) electrons. The molecule has 1 aromatic heterocycles. The molecule has 0 saturated carbocycles. The van der Waals surface area contributed by atoms with Crippen molar-refractivity contribution in [3.05, 3.63) is 51.8 Å². The number of hydrogen-bond acceptors (Lipinski definition) is 4. The number of nitrogens with two attached hydrogens (primary N) is 1. The lowest BCUT2D eigenvalue weighted by Crippen LogP contribution is -2.19. The summed E-state index contributed by atoms with van der Waals surface area (Å²) in [5, 5.41) is 8.84. The van der Waals surface area contributed by atoms with E-state index in [0.29, 0.717) is 0 Å². The number of carbonyl (C=O) groups excluding carboxylic acids is 1. The Kier molecular flexibility index (Phi) is 4.88. The first-order chi connectivity index (χ1) is 10.7. The highest BCUT2D eigenvalue weighted by atomic mass is 35.5. The minimum absolute atomic E-state index is 0.0500. The van der Waals surface area contributed by atoms with E-state index < -0.39 is 15.9 Å². The summed E-state index contributed by atoms with van der Waals surface area (Å²) in [6, 6.07) is 5.66. The molecule has 1 aromatic carbocycles. The predicted molar refractivity (Wildman–Crippen MR) is 88.2 cm³/mol. The van der Waals surface area contributed by atoms with Crippen LogP contribution in [0.5, 0.6) is 0 Å². The first-order valence-electron chi connectivity index (χ1n) is 6.50. The lowest BCUT2D eigenvalue weighted by Gasteiger charge is -2.04. The Morgan fingerprint density at radius 3 is 2.61 bits per heavy atom. The number of hydrazone groups is 1. The number of halogens is 1. The summed E-state index contributed by atoms with van der Waals surface area (Å²) >= 11 is 5.77. The van der Waals surface area contributed by atoms with Crippen LogP contribution in [0.1, 0.15) is 27.3 Å². The zero-order valence-corrected chi connectivity index (χ0v) is 14.0. The summed E-state index contributed by atoms with van der Waals surface area (Å²) < 4.78 is 22.8. The van der Waals surface area contributed by atoms with Gasteiger partial charge in [-0.1, -0.05) is 11.6 Å². The molecular weight excluding hydrogens is 340 g/mol. The topological polar surface area (TPSA) is 117 Å². The summed E-state index contributed by atoms with van der Waals surface area (Å²) in [5.74, 6) is -0.576. The van der Waals surface area contributed by atoms with Crippen LogP contribution in [0.3, 0.4) is 0 Å². The average Bonchev–Trinajstić information content (AvgIpc) is 2.76. The standard InChI is InChI=1S/C14H15ClN4O3S/c1-8-5-11(9(2)18-8)7-17-19-14(20)10-3-4-12(15)13(6-10)23(16,21)22/h3-7,18H,1-2H3,(H,19,20)(H2,16,21,22)/b17-7+. The fourth-order valence-corrected chi connectivity index (χ4v) is 3.04. The van der Waals surface area contributed by atoms with Gasteiger partial charge in [0.2, 0.25) is 10.0 Å². The van der Waals surface area contributed by atoms with Gasteiger partial charge in [-0.3, -0.25) is 4.79 Å². The second kappa shape index (κ2) is 6.53. The predicted octanol–water partition coefficient (Wildman–Crippen LogP) is 1.70. The zero-order chi connectivity index (χ0) is 17.2. The maximum absolute atomic E-state index is 12.0. The molecule has 1 amide bonds. The smallest absolute Gasteiger partial charge is 0.271 e. The minimum Gasteiger partial charge on any atom is -0.362 e. The molecular formula is C14H15ClN4O3S. The lowest BCUT2D eigenvalue weighted by molar-refractivity contribution is 0.0955. The van der Waals surface area contributed by atoms with E-state index in [1.165, 1.54) is 18.3 Å². The summed E-state index contributed by atoms with van der Waals surface area (Å²) in [5.41, 5.74) is 5.14. The summed E-state index contributed by atoms with van der Waals surface area (Å²) in [6.07, 6.45) is 1.49. The fraction of sp³-hybridized carbons (Fsp3) is 0.143. The number of nitrogens with one attached hydrogen (secondary N) is 2. The number of aromatic nitrogens is 1. The van der Waals surface area contributed by atoms with Crippen molar-refractivity contribution in [2.45, 2.75) is 18.7 Å². The molecule has 7 nitrogen and oxygen atoms in total. The summed E-state index contributed by atoms with van der Waals surface area (Å²) in [4.78, 5) is 14.8. The van der Waals surface area contributed by atoms with Crippen LogP contribution in [0.4, 0.5) is 0 Å². The molecule has 0 bridgehead atoms. The number of H-pyrrole nitrogens is 1. The molecule has 0 fully saturated rings. The third kappa shape index (κ3) is 4.19. The van der Waals surface area contributed by atoms with Gasteiger partial charge < -0.3 is 4.98 Å². The maximum Gasteiger partial charge on any atom is 0.271 e. The van der Waals surface area contributed by atoms with Crippen molar-refractivity contribution in [3.8, 4) is 0 Å². The van der Waals surface area contributed by atoms with E-state index in [1.807, 2.05) is 19.9 Å². The van der Waals surface area contributed by atoms with E-state index in [4.69, 9.17) is 16.7 Å². The molecule has 1 heterocycles. The van der Waals surface area contributed by atoms with Gasteiger partial charge in [-0.05, 0) is 38.1 Å². The van der Waals surface area contributed by atoms with Crippen LogP contribution in [0.2, 0.25) is 5.02 Å². The van der Waals surface area contributed by atoms with Crippen LogP contribution in [-0.2, 0) is 10.0 Å². The van der Waals surface area contributed by atoms with Gasteiger partial charge in [0.1, 0.15) is 4.90 Å². The van der Waals surface area contributed by atoms with Crippen molar-refractivity contribution in [2.75, 3.05) is 0 Å². The number of amides is 1. The van der Waals surface area contributed by atoms with E-state index in [0.717, 1.165) is 23.0 Å². The Morgan fingerprint density at radius 1 is 1.35 bits per heavy atom. The van der Waals surface area contributed by atoms with Crippen LogP contribution in [0.15, 0.2) is 34.3 Å². The van der Waals surface area contributed by atoms with Crippen molar-refractivity contribution in [1.29, 1.82) is 0 Å². The van der Waals surface area contributed by atoms with Gasteiger partial charge in [0, 0.05) is 22.5 Å². The number of primary sulfonamides is 1. The van der Waals surface area contributed by atoms with Crippen molar-refractivity contribution in [3.63, 3.8) is 0 Å². The number of aromatic amines is 1. The van der Waals surface area contributed by atoms with E-state index in [9.17, 15) is 13.2 Å². The largest absolute Gasteiger partial charge is 0.362 e. The molecule has 0 aliphatic carbocycles. The third-order valence-electron chi connectivity index (χ3n) is 3.06. The molecule has 0 saturated heterocycles. The molecule has 0 aliphatic heterocycles. The number of sulfonamides is 1. The Hall–Kier alpha value is -2.16. The highest BCUT2D eigenvalue weighted by molar-refractivity contribution is 7.89. The number of aryl methyl sites for hydroxylation is 2. The molecule has 0 atom stereocenters. The van der Waals surface area contributed by atoms with Crippen LogP contribution < -0.4 is 10.6 Å². The molecule has 2 rings (SSSR count). The van der Waals surface area contributed by atoms with Crippen molar-refractivity contribution in [2.24, 2.45) is 10.2 Å². The molecule has 0 spiro atoms. The Balaban J connectivity index is 2.17. The molecule has 4 N–H and O–H groups in total. The van der Waals surface area contributed by atoms with Crippen molar-refractivity contribution >= 4 is 33.7 Å². The van der Waals surface area contributed by atoms with Crippen molar-refractivity contribution in [1.82, 2.24) is 10.4 Å². The number of hydrogen-bond donors (Lipinski definition) is 3. The van der Waals surface area contributed by atoms with Crippen LogP contribution in [-0.4, -0.2) is 25.5 Å². The van der Waals surface area contributed by atoms with E-state index in [-0.39, 0.29) is 15.5 Å². The molecule has 0 aliphatic rings. The first kappa shape index (κ1) is 17.2. The summed E-state index contributed by atoms with van der Waals surface area (Å²) in [6.45, 7) is 3.79. The van der Waals surface area contributed by atoms with Gasteiger partial charge >= 0.3 is 0 Å². The lowest BCUT2D eigenvalue weighted by atomic mass is 10.2. The second-order valence-corrected chi connectivity index (χ2v) is 6.86. The monoisotopic (exact) mass is 354 g/mol. The Morgan fingerprint density at radius 2 is 2.04 bits per heavy atom. The highest BCUT2D eigenvalue weighted by Gasteiger charge is 2.16. The number of carbonyl (C=O) groups is 1. The van der Waals surface area contributed by atoms with E-state index in [2.05, 4.69) is 15.5 Å². The van der Waals surface area contributed by atoms with Gasteiger partial charge in [0.15, 0.2) is 0 Å². The molecule has 2 aromatic rings. The van der Waals surface area contributed by atoms with E-state index >= 15 is 0 Å². The minimum atomic E-state index is -4.01. The molecule has 23 heavy (non-hydrogen) atoms. The number of benzene rings is 1. The average molecular weight is 355 g/mol. The first-order valence-corrected chi connectivity index (χ1v) is 8.43. The Bertz CT molecular complexity index is 887. The van der Waals surface area contributed by atoms with Crippen LogP contribution in [0, 0.1) is 13.8 Å². The molecule has 9 heteroatoms. The molecule has 122 valence electrons. The van der Waals surface area contributed by atoms with Crippen LogP contribution >= 0.6 is 11.6 Å². The fourth-order valence-electron chi connectivity index (χ4n) is 1.97. The third-order valence-corrected chi connectivity index (χ3v) is 4.45. The normalized spacial score (nSPS) is 11.8. The van der Waals surface area contributed by atoms with Crippen LogP contribution in [0.25, 0.3) is 0 Å². The zero-order valence-electron chi connectivity index (χ0n) is 12.4. The quantitative estimate of drug-likeness (QED) is 0.572. The van der Waals surface area contributed by atoms with Gasteiger partial charge in [0.25, 0.3) is 5.91 Å². The SMILES string of the molecule is Cc1cc(/C=N/NC(=O)c2ccc(Cl)c(S(N)(=O)=O)c2)c(C)[nH]1. The Labute approximate surface area is 138 Å². The molecule has 0 unspecified atom stereocenters. The van der Waals surface area contributed by atoms with Gasteiger partial charge in [0.05, 0.1) is 11.2 Å².